The van der Waals surface area contributed by atoms with E-state index in [0.29, 0.717) is 19.5 Å². The van der Waals surface area contributed by atoms with Crippen molar-refractivity contribution in [2.75, 3.05) is 36.8 Å². The fourth-order valence-corrected chi connectivity index (χ4v) is 5.61. The lowest BCUT2D eigenvalue weighted by atomic mass is 9.99. The highest BCUT2D eigenvalue weighted by Gasteiger charge is 2.38. The van der Waals surface area contributed by atoms with E-state index in [-0.39, 0.29) is 11.7 Å². The lowest BCUT2D eigenvalue weighted by Crippen LogP contribution is -2.40. The molecule has 2 fully saturated rings. The predicted octanol–water partition coefficient (Wildman–Crippen LogP) is 2.88. The van der Waals surface area contributed by atoms with Crippen molar-refractivity contribution < 1.29 is 31.5 Å². The summed E-state index contributed by atoms with van der Waals surface area (Å²) in [7, 11) is -3.16. The Morgan fingerprint density at radius 2 is 1.85 bits per heavy atom. The number of carboxylic acids is 1. The van der Waals surface area contributed by atoms with Gasteiger partial charge in [0, 0.05) is 32.1 Å². The van der Waals surface area contributed by atoms with Crippen LogP contribution in [-0.4, -0.2) is 76.5 Å². The van der Waals surface area contributed by atoms with Crippen LogP contribution in [-0.2, 0) is 14.8 Å². The second-order valence-corrected chi connectivity index (χ2v) is 10.3. The summed E-state index contributed by atoms with van der Waals surface area (Å²) in [6, 6.07) is 4.12. The van der Waals surface area contributed by atoms with E-state index < -0.39 is 22.2 Å². The quantitative estimate of drug-likeness (QED) is 0.685. The minimum absolute atomic E-state index is 0.0746. The van der Waals surface area contributed by atoms with Crippen molar-refractivity contribution in [1.82, 2.24) is 18.9 Å². The average Bonchev–Trinajstić information content (AvgIpc) is 3.43. The third-order valence-electron chi connectivity index (χ3n) is 5.65. The van der Waals surface area contributed by atoms with E-state index >= 15 is 0 Å². The van der Waals surface area contributed by atoms with Gasteiger partial charge < -0.3 is 10.0 Å². The monoisotopic (exact) mass is 491 g/mol. The van der Waals surface area contributed by atoms with E-state index in [0.717, 1.165) is 37.4 Å². The van der Waals surface area contributed by atoms with Crippen LogP contribution in [0.25, 0.3) is 5.65 Å². The molecule has 4 rings (SSSR count). The molecule has 0 bridgehead atoms. The summed E-state index contributed by atoms with van der Waals surface area (Å²) >= 11 is 0. The first-order valence-corrected chi connectivity index (χ1v) is 12.5. The van der Waals surface area contributed by atoms with Gasteiger partial charge in [0.2, 0.25) is 10.0 Å². The molecule has 0 spiro atoms. The number of sulfonamides is 1. The number of fused-ring (bicyclic) bond motifs is 1. The zero-order chi connectivity index (χ0) is 24.2. The molecule has 0 radical (unpaired) electrons. The van der Waals surface area contributed by atoms with Crippen LogP contribution in [0.2, 0.25) is 0 Å². The molecule has 2 aliphatic heterocycles. The van der Waals surface area contributed by atoms with Gasteiger partial charge in [-0.2, -0.15) is 18.3 Å². The number of aliphatic carboxylic acids is 1. The van der Waals surface area contributed by atoms with Gasteiger partial charge in [0.15, 0.2) is 11.5 Å². The number of rotatable bonds is 5. The van der Waals surface area contributed by atoms with E-state index in [9.17, 15) is 21.6 Å². The zero-order valence-electron chi connectivity index (χ0n) is 18.3. The molecule has 0 aromatic carbocycles. The van der Waals surface area contributed by atoms with Crippen molar-refractivity contribution in [2.24, 2.45) is 0 Å². The number of carboxylic acid groups (broad SMARTS) is 1. The van der Waals surface area contributed by atoms with Crippen LogP contribution in [0.1, 0.15) is 50.8 Å². The van der Waals surface area contributed by atoms with Gasteiger partial charge in [0.05, 0.1) is 17.6 Å². The van der Waals surface area contributed by atoms with Crippen LogP contribution in [0.4, 0.5) is 18.9 Å². The largest absolute Gasteiger partial charge is 0.490 e. The number of pyridine rings is 1. The Morgan fingerprint density at radius 3 is 2.45 bits per heavy atom. The van der Waals surface area contributed by atoms with Gasteiger partial charge in [-0.1, -0.05) is 6.92 Å². The molecule has 4 heterocycles. The molecule has 1 atom stereocenters. The number of aromatic nitrogens is 3. The molecule has 33 heavy (non-hydrogen) atoms. The molecule has 2 aliphatic rings. The number of piperidine rings is 1. The fourth-order valence-electron chi connectivity index (χ4n) is 4.02. The van der Waals surface area contributed by atoms with Crippen molar-refractivity contribution in [3.63, 3.8) is 0 Å². The highest BCUT2D eigenvalue weighted by molar-refractivity contribution is 7.89. The smallest absolute Gasteiger partial charge is 0.475 e. The Bertz CT molecular complexity index is 1070. The van der Waals surface area contributed by atoms with Gasteiger partial charge in [-0.25, -0.2) is 27.0 Å². The van der Waals surface area contributed by atoms with Gasteiger partial charge >= 0.3 is 12.1 Å². The summed E-state index contributed by atoms with van der Waals surface area (Å²) in [5, 5.41) is 11.8. The van der Waals surface area contributed by atoms with Crippen LogP contribution in [0.3, 0.4) is 0 Å². The van der Waals surface area contributed by atoms with Crippen molar-refractivity contribution in [3.8, 4) is 0 Å². The first-order chi connectivity index (χ1) is 15.5. The summed E-state index contributed by atoms with van der Waals surface area (Å²) in [5.74, 6) is -1.70. The second-order valence-electron chi connectivity index (χ2n) is 8.17. The summed E-state index contributed by atoms with van der Waals surface area (Å²) in [5.41, 5.74) is 2.01. The molecule has 0 saturated carbocycles. The summed E-state index contributed by atoms with van der Waals surface area (Å²) in [6.45, 7) is 5.21. The Balaban J connectivity index is 0.000000383. The van der Waals surface area contributed by atoms with E-state index in [1.165, 1.54) is 18.5 Å². The maximum absolute atomic E-state index is 12.4. The van der Waals surface area contributed by atoms with Crippen LogP contribution in [0.5, 0.6) is 0 Å². The summed E-state index contributed by atoms with van der Waals surface area (Å²) in [6.07, 6.45) is 1.90. The fraction of sp³-hybridized carbons (Fsp3) is 0.650. The Hall–Kier alpha value is -2.41. The number of anilines is 1. The number of carbonyl (C=O) groups is 1. The molecule has 0 aliphatic carbocycles. The Kier molecular flexibility index (Phi) is 7.83. The number of alkyl halides is 3. The number of nitrogens with zero attached hydrogens (tertiary/aromatic N) is 5. The molecular weight excluding hydrogens is 463 g/mol. The van der Waals surface area contributed by atoms with Crippen LogP contribution >= 0.6 is 0 Å². The van der Waals surface area contributed by atoms with Gasteiger partial charge in [0.1, 0.15) is 0 Å². The Labute approximate surface area is 190 Å². The van der Waals surface area contributed by atoms with Crippen molar-refractivity contribution in [2.45, 2.75) is 51.1 Å². The third kappa shape index (κ3) is 6.34. The van der Waals surface area contributed by atoms with Gasteiger partial charge in [-0.3, -0.25) is 0 Å². The lowest BCUT2D eigenvalue weighted by Gasteiger charge is -2.30. The third-order valence-corrected chi connectivity index (χ3v) is 7.69. The maximum Gasteiger partial charge on any atom is 0.490 e. The van der Waals surface area contributed by atoms with E-state index in [4.69, 9.17) is 9.90 Å². The van der Waals surface area contributed by atoms with Crippen LogP contribution < -0.4 is 4.90 Å². The van der Waals surface area contributed by atoms with E-state index in [1.54, 1.807) is 4.31 Å². The van der Waals surface area contributed by atoms with E-state index in [2.05, 4.69) is 21.0 Å². The normalized spacial score (nSPS) is 20.0. The molecule has 0 amide bonds. The molecule has 9 nitrogen and oxygen atoms in total. The Morgan fingerprint density at radius 1 is 1.18 bits per heavy atom. The zero-order valence-corrected chi connectivity index (χ0v) is 19.1. The lowest BCUT2D eigenvalue weighted by molar-refractivity contribution is -0.192. The molecule has 1 N–H and O–H groups in total. The number of halogens is 3. The van der Waals surface area contributed by atoms with Crippen molar-refractivity contribution in [1.29, 1.82) is 0 Å². The molecule has 1 unspecified atom stereocenters. The minimum Gasteiger partial charge on any atom is -0.475 e. The highest BCUT2D eigenvalue weighted by Crippen LogP contribution is 2.28. The first kappa shape index (κ1) is 25.2. The molecule has 2 aromatic rings. The van der Waals surface area contributed by atoms with E-state index in [1.807, 2.05) is 23.7 Å². The number of hydrogen-bond acceptors (Lipinski definition) is 6. The average molecular weight is 492 g/mol. The topological polar surface area (TPSA) is 108 Å². The summed E-state index contributed by atoms with van der Waals surface area (Å²) in [4.78, 5) is 15.9. The van der Waals surface area contributed by atoms with Crippen LogP contribution in [0, 0.1) is 0 Å². The SMILES string of the molecule is CCCS(=O)(=O)N1CCCC(c2nc3ccc(N4CCCC4)cn3n2)C1.O=C(O)C(F)(F)F. The standard InChI is InChI=1S/C18H27N5O2S.C2HF3O2/c1-2-12-26(24,25)22-11-5-6-15(13-22)18-19-17-8-7-16(14-23(17)20-18)21-9-3-4-10-21;3-2(4,5)1(6)7/h7-8,14-15H,2-6,9-13H2,1H3;(H,6,7). The summed E-state index contributed by atoms with van der Waals surface area (Å²) < 4.78 is 60.0. The molecule has 2 aromatic heterocycles. The van der Waals surface area contributed by atoms with Crippen LogP contribution in [0.15, 0.2) is 18.3 Å². The molecule has 13 heteroatoms. The van der Waals surface area contributed by atoms with Crippen molar-refractivity contribution >= 4 is 27.3 Å². The predicted molar refractivity (Wildman–Crippen MR) is 116 cm³/mol. The molecule has 2 saturated heterocycles. The first-order valence-electron chi connectivity index (χ1n) is 10.9. The highest BCUT2D eigenvalue weighted by atomic mass is 32.2. The second kappa shape index (κ2) is 10.2. The van der Waals surface area contributed by atoms with Crippen molar-refractivity contribution in [3.05, 3.63) is 24.2 Å². The minimum atomic E-state index is -5.08. The molecule has 184 valence electrons. The van der Waals surface area contributed by atoms with Gasteiger partial charge in [0.25, 0.3) is 0 Å². The van der Waals surface area contributed by atoms with Gasteiger partial charge in [-0.15, -0.1) is 0 Å². The number of hydrogen-bond donors (Lipinski definition) is 1. The molecular formula is C20H28F3N5O4S. The van der Waals surface area contributed by atoms with Gasteiger partial charge in [-0.05, 0) is 44.2 Å². The maximum atomic E-state index is 12.4.